The first-order chi connectivity index (χ1) is 15.0. The topological polar surface area (TPSA) is 103 Å². The van der Waals surface area contributed by atoms with Crippen molar-refractivity contribution in [3.63, 3.8) is 0 Å². The van der Waals surface area contributed by atoms with E-state index in [1.54, 1.807) is 13.2 Å². The van der Waals surface area contributed by atoms with Crippen LogP contribution in [0.15, 0.2) is 71.8 Å². The van der Waals surface area contributed by atoms with Crippen LogP contribution >= 0.6 is 22.6 Å². The Hall–Kier alpha value is -3.47. The molecule has 0 heterocycles. The molecule has 0 aliphatic carbocycles. The molecule has 1 amide bonds. The number of nitro groups is 1. The van der Waals surface area contributed by atoms with Crippen LogP contribution in [0.3, 0.4) is 0 Å². The molecule has 1 N–H and O–H groups in total. The molecule has 9 heteroatoms. The number of nitrogens with one attached hydrogen (secondary N) is 1. The molecule has 3 aromatic rings. The molecule has 0 saturated heterocycles. The molecule has 0 aromatic heterocycles. The number of methoxy groups -OCH3 is 1. The minimum Gasteiger partial charge on any atom is -0.493 e. The highest BCUT2D eigenvalue weighted by molar-refractivity contribution is 14.1. The van der Waals surface area contributed by atoms with E-state index in [0.717, 1.165) is 9.13 Å². The number of hydrogen-bond donors (Lipinski definition) is 1. The number of carbonyl (C=O) groups is 1. The summed E-state index contributed by atoms with van der Waals surface area (Å²) in [6, 6.07) is 18.7. The predicted octanol–water partition coefficient (Wildman–Crippen LogP) is 4.55. The lowest BCUT2D eigenvalue weighted by Gasteiger charge is -2.13. The number of benzene rings is 3. The number of nitro benzene ring substituents is 1. The van der Waals surface area contributed by atoms with E-state index in [1.807, 2.05) is 36.4 Å². The van der Waals surface area contributed by atoms with Gasteiger partial charge in [0.25, 0.3) is 11.6 Å². The summed E-state index contributed by atoms with van der Waals surface area (Å²) in [6.45, 7) is 0.409. The summed E-state index contributed by atoms with van der Waals surface area (Å²) in [6.07, 6.45) is 1.48. The van der Waals surface area contributed by atoms with Crippen LogP contribution in [-0.2, 0) is 6.61 Å². The van der Waals surface area contributed by atoms with Crippen LogP contribution in [0.4, 0.5) is 5.69 Å². The highest BCUT2D eigenvalue weighted by Gasteiger charge is 2.12. The van der Waals surface area contributed by atoms with Gasteiger partial charge in [0.1, 0.15) is 6.61 Å². The van der Waals surface area contributed by atoms with Gasteiger partial charge in [-0.05, 0) is 58.0 Å². The number of ether oxygens (including phenoxy) is 2. The fourth-order valence-electron chi connectivity index (χ4n) is 2.65. The number of halogens is 1. The van der Waals surface area contributed by atoms with E-state index >= 15 is 0 Å². The number of nitrogens with zero attached hydrogens (tertiary/aromatic N) is 2. The maximum atomic E-state index is 12.1. The number of carbonyl (C=O) groups excluding carboxylic acids is 1. The summed E-state index contributed by atoms with van der Waals surface area (Å²) in [5.74, 6) is 0.695. The van der Waals surface area contributed by atoms with Crippen molar-refractivity contribution < 1.29 is 19.2 Å². The number of hydrogen-bond acceptors (Lipinski definition) is 6. The third kappa shape index (κ3) is 6.01. The van der Waals surface area contributed by atoms with Crippen molar-refractivity contribution in [3.05, 3.63) is 97.1 Å². The molecule has 0 aliphatic rings. The number of amides is 1. The zero-order valence-electron chi connectivity index (χ0n) is 16.4. The Balaban J connectivity index is 1.67. The SMILES string of the molecule is COc1cc(C=NNC(=O)c2ccc([N+](=O)[O-])cc2)cc(I)c1OCc1ccccc1. The van der Waals surface area contributed by atoms with E-state index in [0.29, 0.717) is 23.7 Å². The van der Waals surface area contributed by atoms with E-state index in [-0.39, 0.29) is 11.3 Å². The summed E-state index contributed by atoms with van der Waals surface area (Å²) in [5, 5.41) is 14.6. The van der Waals surface area contributed by atoms with Crippen LogP contribution in [0.5, 0.6) is 11.5 Å². The molecule has 0 fully saturated rings. The molecule has 0 bridgehead atoms. The van der Waals surface area contributed by atoms with Crippen molar-refractivity contribution in [2.45, 2.75) is 6.61 Å². The van der Waals surface area contributed by atoms with E-state index < -0.39 is 10.8 Å². The largest absolute Gasteiger partial charge is 0.493 e. The van der Waals surface area contributed by atoms with Crippen LogP contribution in [0.1, 0.15) is 21.5 Å². The van der Waals surface area contributed by atoms with E-state index in [2.05, 4.69) is 33.1 Å². The molecule has 3 aromatic carbocycles. The van der Waals surface area contributed by atoms with Gasteiger partial charge in [-0.25, -0.2) is 5.43 Å². The standard InChI is InChI=1S/C22H18IN3O5/c1-30-20-12-16(11-19(23)21(20)31-14-15-5-3-2-4-6-15)13-24-25-22(27)17-7-9-18(10-8-17)26(28)29/h2-13H,14H2,1H3,(H,25,27). The van der Waals surface area contributed by atoms with Gasteiger partial charge in [0, 0.05) is 17.7 Å². The molecule has 31 heavy (non-hydrogen) atoms. The summed E-state index contributed by atoms with van der Waals surface area (Å²) in [7, 11) is 1.55. The molecule has 0 atom stereocenters. The smallest absolute Gasteiger partial charge is 0.271 e. The van der Waals surface area contributed by atoms with Crippen molar-refractivity contribution in [1.82, 2.24) is 5.43 Å². The maximum Gasteiger partial charge on any atom is 0.271 e. The van der Waals surface area contributed by atoms with Crippen LogP contribution in [0.2, 0.25) is 0 Å². The average Bonchev–Trinajstić information content (AvgIpc) is 2.78. The van der Waals surface area contributed by atoms with Crippen LogP contribution in [-0.4, -0.2) is 24.2 Å². The second-order valence-corrected chi connectivity index (χ2v) is 7.47. The molecular formula is C22H18IN3O5. The van der Waals surface area contributed by atoms with Gasteiger partial charge in [-0.1, -0.05) is 30.3 Å². The zero-order chi connectivity index (χ0) is 22.2. The molecule has 0 saturated carbocycles. The first kappa shape index (κ1) is 22.2. The number of hydrazone groups is 1. The summed E-state index contributed by atoms with van der Waals surface area (Å²) < 4.78 is 12.2. The van der Waals surface area contributed by atoms with Crippen molar-refractivity contribution in [3.8, 4) is 11.5 Å². The molecule has 158 valence electrons. The molecule has 3 rings (SSSR count). The van der Waals surface area contributed by atoms with E-state index in [1.165, 1.54) is 30.5 Å². The fraction of sp³-hybridized carbons (Fsp3) is 0.0909. The van der Waals surface area contributed by atoms with Crippen molar-refractivity contribution in [2.75, 3.05) is 7.11 Å². The normalized spacial score (nSPS) is 10.6. The van der Waals surface area contributed by atoms with Crippen molar-refractivity contribution >= 4 is 40.4 Å². The lowest BCUT2D eigenvalue weighted by atomic mass is 10.2. The lowest BCUT2D eigenvalue weighted by Crippen LogP contribution is -2.17. The quantitative estimate of drug-likeness (QED) is 0.199. The Morgan fingerprint density at radius 3 is 2.52 bits per heavy atom. The molecule has 0 unspecified atom stereocenters. The molecular weight excluding hydrogens is 513 g/mol. The molecule has 0 radical (unpaired) electrons. The van der Waals surface area contributed by atoms with Gasteiger partial charge < -0.3 is 9.47 Å². The first-order valence-corrected chi connectivity index (χ1v) is 10.2. The van der Waals surface area contributed by atoms with Gasteiger partial charge >= 0.3 is 0 Å². The van der Waals surface area contributed by atoms with Crippen LogP contribution in [0.25, 0.3) is 0 Å². The second kappa shape index (κ2) is 10.5. The molecule has 0 aliphatic heterocycles. The van der Waals surface area contributed by atoms with E-state index in [9.17, 15) is 14.9 Å². The Kier molecular flexibility index (Phi) is 7.55. The third-order valence-corrected chi connectivity index (χ3v) is 5.00. The van der Waals surface area contributed by atoms with Crippen LogP contribution < -0.4 is 14.9 Å². The van der Waals surface area contributed by atoms with Gasteiger partial charge in [0.15, 0.2) is 11.5 Å². The number of rotatable bonds is 8. The highest BCUT2D eigenvalue weighted by atomic mass is 127. The summed E-state index contributed by atoms with van der Waals surface area (Å²) >= 11 is 2.15. The van der Waals surface area contributed by atoms with E-state index in [4.69, 9.17) is 9.47 Å². The summed E-state index contributed by atoms with van der Waals surface area (Å²) in [5.41, 5.74) is 4.32. The van der Waals surface area contributed by atoms with Crippen LogP contribution in [0, 0.1) is 13.7 Å². The highest BCUT2D eigenvalue weighted by Crippen LogP contribution is 2.34. The zero-order valence-corrected chi connectivity index (χ0v) is 18.6. The Labute approximate surface area is 192 Å². The minimum atomic E-state index is -0.526. The third-order valence-electron chi connectivity index (χ3n) is 4.20. The fourth-order valence-corrected chi connectivity index (χ4v) is 3.43. The number of non-ortho nitro benzene ring substituents is 1. The summed E-state index contributed by atoms with van der Waals surface area (Å²) in [4.78, 5) is 22.3. The van der Waals surface area contributed by atoms with Gasteiger partial charge in [-0.2, -0.15) is 5.10 Å². The monoisotopic (exact) mass is 531 g/mol. The Bertz CT molecular complexity index is 1100. The van der Waals surface area contributed by atoms with Crippen molar-refractivity contribution in [1.29, 1.82) is 0 Å². The van der Waals surface area contributed by atoms with Crippen molar-refractivity contribution in [2.24, 2.45) is 5.10 Å². The molecule has 0 spiro atoms. The van der Waals surface area contributed by atoms with Gasteiger partial charge in [0.2, 0.25) is 0 Å². The second-order valence-electron chi connectivity index (χ2n) is 6.31. The van der Waals surface area contributed by atoms with Gasteiger partial charge in [0.05, 0.1) is 21.8 Å². The predicted molar refractivity (Wildman–Crippen MR) is 125 cm³/mol. The first-order valence-electron chi connectivity index (χ1n) is 9.10. The average molecular weight is 531 g/mol. The van der Waals surface area contributed by atoms with Gasteiger partial charge in [-0.15, -0.1) is 0 Å². The Morgan fingerprint density at radius 1 is 1.16 bits per heavy atom. The Morgan fingerprint density at radius 2 is 1.87 bits per heavy atom. The maximum absolute atomic E-state index is 12.1. The molecule has 8 nitrogen and oxygen atoms in total. The van der Waals surface area contributed by atoms with Gasteiger partial charge in [-0.3, -0.25) is 14.9 Å². The minimum absolute atomic E-state index is 0.0868. The lowest BCUT2D eigenvalue weighted by molar-refractivity contribution is -0.384.